The summed E-state index contributed by atoms with van der Waals surface area (Å²) < 4.78 is 0. The lowest BCUT2D eigenvalue weighted by molar-refractivity contribution is 0.772. The first-order valence-corrected chi connectivity index (χ1v) is 10.2. The van der Waals surface area contributed by atoms with Gasteiger partial charge in [0, 0.05) is 50.3 Å². The lowest BCUT2D eigenvalue weighted by atomic mass is 10.1. The van der Waals surface area contributed by atoms with Crippen molar-refractivity contribution in [2.24, 2.45) is 0 Å². The van der Waals surface area contributed by atoms with Crippen molar-refractivity contribution in [2.75, 3.05) is 38.0 Å². The molecule has 148 valence electrons. The second-order valence-electron chi connectivity index (χ2n) is 6.88. The van der Waals surface area contributed by atoms with E-state index in [0.29, 0.717) is 0 Å². The van der Waals surface area contributed by atoms with Crippen LogP contribution in [0.2, 0.25) is 0 Å². The quantitative estimate of drug-likeness (QED) is 0.476. The normalized spacial score (nSPS) is 9.93. The first-order valence-electron chi connectivity index (χ1n) is 10.2. The molecule has 0 spiro atoms. The van der Waals surface area contributed by atoms with Crippen molar-refractivity contribution in [1.82, 2.24) is 4.98 Å². The molecule has 0 fully saturated rings. The van der Waals surface area contributed by atoms with Gasteiger partial charge in [0.05, 0.1) is 11.0 Å². The minimum Gasteiger partial charge on any atom is -0.378 e. The van der Waals surface area contributed by atoms with Crippen LogP contribution in [0.3, 0.4) is 0 Å². The highest BCUT2D eigenvalue weighted by molar-refractivity contribution is 5.95. The monoisotopic (exact) mass is 367 g/mol. The fourth-order valence-corrected chi connectivity index (χ4v) is 2.71. The molecule has 3 rings (SSSR count). The molecule has 2 aromatic carbocycles. The first-order chi connectivity index (χ1) is 13.0. The van der Waals surface area contributed by atoms with Gasteiger partial charge in [0.2, 0.25) is 0 Å². The number of nitrogens with zero attached hydrogens (tertiary/aromatic N) is 3. The number of unbranched alkanes of at least 4 members (excludes halogenated alkanes) is 2. The molecule has 27 heavy (non-hydrogen) atoms. The predicted octanol–water partition coefficient (Wildman–Crippen LogP) is 6.74. The van der Waals surface area contributed by atoms with E-state index >= 15 is 0 Å². The third-order valence-corrected chi connectivity index (χ3v) is 4.32. The van der Waals surface area contributed by atoms with Gasteiger partial charge in [0.1, 0.15) is 0 Å². The van der Waals surface area contributed by atoms with E-state index in [2.05, 4.69) is 66.1 Å². The molecular formula is C24H37N3. The van der Waals surface area contributed by atoms with Crippen LogP contribution in [0.4, 0.5) is 11.4 Å². The van der Waals surface area contributed by atoms with Crippen LogP contribution in [0.5, 0.6) is 0 Å². The van der Waals surface area contributed by atoms with Crippen LogP contribution in [0.25, 0.3) is 21.8 Å². The number of hydrogen-bond acceptors (Lipinski definition) is 3. The average Bonchev–Trinajstić information content (AvgIpc) is 2.68. The van der Waals surface area contributed by atoms with Crippen molar-refractivity contribution >= 4 is 33.2 Å². The summed E-state index contributed by atoms with van der Waals surface area (Å²) in [5.41, 5.74) is 4.43. The molecule has 3 heteroatoms. The molecule has 0 atom stereocenters. The van der Waals surface area contributed by atoms with Gasteiger partial charge in [0.15, 0.2) is 0 Å². The van der Waals surface area contributed by atoms with Gasteiger partial charge in [-0.1, -0.05) is 59.1 Å². The fourth-order valence-electron chi connectivity index (χ4n) is 2.71. The Morgan fingerprint density at radius 2 is 1.07 bits per heavy atom. The van der Waals surface area contributed by atoms with E-state index in [1.54, 1.807) is 0 Å². The Morgan fingerprint density at radius 3 is 1.37 bits per heavy atom. The van der Waals surface area contributed by atoms with E-state index in [1.807, 2.05) is 42.0 Å². The van der Waals surface area contributed by atoms with Crippen LogP contribution in [-0.4, -0.2) is 33.2 Å². The summed E-state index contributed by atoms with van der Waals surface area (Å²) in [7, 11) is 8.19. The SMILES string of the molecule is CC.CCCCC.CN(C)c1ccc2cc3ccc(N(C)C)cc3nc2c1. The molecule has 0 saturated heterocycles. The molecule has 0 amide bonds. The van der Waals surface area contributed by atoms with Gasteiger partial charge < -0.3 is 9.80 Å². The highest BCUT2D eigenvalue weighted by Crippen LogP contribution is 2.26. The maximum absolute atomic E-state index is 4.81. The maximum atomic E-state index is 4.81. The fraction of sp³-hybridized carbons (Fsp3) is 0.458. The van der Waals surface area contributed by atoms with E-state index in [0.717, 1.165) is 11.0 Å². The Hall–Kier alpha value is -2.29. The van der Waals surface area contributed by atoms with Gasteiger partial charge in [0.25, 0.3) is 0 Å². The summed E-state index contributed by atoms with van der Waals surface area (Å²) >= 11 is 0. The predicted molar refractivity (Wildman–Crippen MR) is 124 cm³/mol. The van der Waals surface area contributed by atoms with Gasteiger partial charge in [-0.05, 0) is 30.3 Å². The molecule has 3 aromatic rings. The number of fused-ring (bicyclic) bond motifs is 2. The minimum absolute atomic E-state index is 1.04. The summed E-state index contributed by atoms with van der Waals surface area (Å²) in [6.07, 6.45) is 4.08. The number of rotatable bonds is 4. The number of benzene rings is 2. The standard InChI is InChI=1S/C17H19N3.C5H12.C2H6/c1-19(2)14-7-5-12-9-13-6-8-15(20(3)4)11-17(13)18-16(12)10-14;1-3-5-4-2;1-2/h5-11H,1-4H3;3-5H2,1-2H3;1-2H3. The second-order valence-corrected chi connectivity index (χ2v) is 6.88. The van der Waals surface area contributed by atoms with Crippen LogP contribution in [0.1, 0.15) is 47.0 Å². The Labute approximate surface area is 166 Å². The third kappa shape index (κ3) is 6.42. The summed E-state index contributed by atoms with van der Waals surface area (Å²) in [6.45, 7) is 8.42. The summed E-state index contributed by atoms with van der Waals surface area (Å²) in [5.74, 6) is 0. The van der Waals surface area contributed by atoms with Gasteiger partial charge in [-0.15, -0.1) is 0 Å². The molecule has 0 bridgehead atoms. The van der Waals surface area contributed by atoms with Crippen LogP contribution in [0.15, 0.2) is 42.5 Å². The second kappa shape index (κ2) is 11.4. The van der Waals surface area contributed by atoms with E-state index in [1.165, 1.54) is 41.4 Å². The van der Waals surface area contributed by atoms with Crippen LogP contribution in [-0.2, 0) is 0 Å². The number of aromatic nitrogens is 1. The Balaban J connectivity index is 0.000000454. The summed E-state index contributed by atoms with van der Waals surface area (Å²) in [5, 5.41) is 2.36. The minimum atomic E-state index is 1.04. The molecule has 0 radical (unpaired) electrons. The van der Waals surface area contributed by atoms with Crippen LogP contribution in [0, 0.1) is 0 Å². The Kier molecular flexibility index (Phi) is 9.63. The number of hydrogen-bond donors (Lipinski definition) is 0. The zero-order chi connectivity index (χ0) is 20.4. The molecule has 3 nitrogen and oxygen atoms in total. The van der Waals surface area contributed by atoms with Gasteiger partial charge in [-0.25, -0.2) is 4.98 Å². The molecule has 1 heterocycles. The van der Waals surface area contributed by atoms with Crippen molar-refractivity contribution in [3.05, 3.63) is 42.5 Å². The molecule has 0 aliphatic carbocycles. The lowest BCUT2D eigenvalue weighted by Gasteiger charge is -2.14. The van der Waals surface area contributed by atoms with Crippen molar-refractivity contribution in [3.63, 3.8) is 0 Å². The third-order valence-electron chi connectivity index (χ3n) is 4.32. The molecule has 1 aromatic heterocycles. The van der Waals surface area contributed by atoms with Crippen LogP contribution >= 0.6 is 0 Å². The molecule has 0 aliphatic rings. The largest absolute Gasteiger partial charge is 0.378 e. The number of anilines is 2. The van der Waals surface area contributed by atoms with E-state index in [9.17, 15) is 0 Å². The smallest absolute Gasteiger partial charge is 0.0730 e. The van der Waals surface area contributed by atoms with E-state index in [4.69, 9.17) is 4.98 Å². The van der Waals surface area contributed by atoms with E-state index in [-0.39, 0.29) is 0 Å². The molecule has 0 aliphatic heterocycles. The Bertz CT molecular complexity index is 757. The van der Waals surface area contributed by atoms with Crippen LogP contribution < -0.4 is 9.80 Å². The summed E-state index contributed by atoms with van der Waals surface area (Å²) in [6, 6.07) is 15.0. The van der Waals surface area contributed by atoms with Crippen molar-refractivity contribution in [1.29, 1.82) is 0 Å². The van der Waals surface area contributed by atoms with Gasteiger partial charge in [-0.2, -0.15) is 0 Å². The molecule has 0 saturated carbocycles. The first kappa shape index (κ1) is 22.8. The van der Waals surface area contributed by atoms with Crippen molar-refractivity contribution in [3.8, 4) is 0 Å². The lowest BCUT2D eigenvalue weighted by Crippen LogP contribution is -2.08. The summed E-state index contributed by atoms with van der Waals surface area (Å²) in [4.78, 5) is 9.01. The average molecular weight is 368 g/mol. The maximum Gasteiger partial charge on any atom is 0.0730 e. The molecule has 0 unspecified atom stereocenters. The van der Waals surface area contributed by atoms with Gasteiger partial charge in [-0.3, -0.25) is 0 Å². The van der Waals surface area contributed by atoms with Crippen molar-refractivity contribution in [2.45, 2.75) is 47.0 Å². The van der Waals surface area contributed by atoms with Crippen molar-refractivity contribution < 1.29 is 0 Å². The number of pyridine rings is 1. The molecule has 0 N–H and O–H groups in total. The van der Waals surface area contributed by atoms with E-state index < -0.39 is 0 Å². The zero-order valence-corrected chi connectivity index (χ0v) is 18.5. The van der Waals surface area contributed by atoms with Gasteiger partial charge >= 0.3 is 0 Å². The highest BCUT2D eigenvalue weighted by atomic mass is 15.1. The molecular weight excluding hydrogens is 330 g/mol. The topological polar surface area (TPSA) is 19.4 Å². The highest BCUT2D eigenvalue weighted by Gasteiger charge is 2.04. The Morgan fingerprint density at radius 1 is 0.667 bits per heavy atom. The zero-order valence-electron chi connectivity index (χ0n) is 18.5.